The summed E-state index contributed by atoms with van der Waals surface area (Å²) in [6.45, 7) is 0.00982. The first-order chi connectivity index (χ1) is 11.2. The molecule has 1 atom stereocenters. The quantitative estimate of drug-likeness (QED) is 0.734. The summed E-state index contributed by atoms with van der Waals surface area (Å²) >= 11 is 0. The predicted molar refractivity (Wildman–Crippen MR) is 86.1 cm³/mol. The average Bonchev–Trinajstić information content (AvgIpc) is 3.12. The van der Waals surface area contributed by atoms with Crippen LogP contribution >= 0.6 is 0 Å². The van der Waals surface area contributed by atoms with E-state index in [1.54, 1.807) is 6.07 Å². The van der Waals surface area contributed by atoms with Crippen molar-refractivity contribution >= 4 is 16.7 Å². The van der Waals surface area contributed by atoms with Gasteiger partial charge < -0.3 is 19.6 Å². The maximum atomic E-state index is 11.8. The fourth-order valence-corrected chi connectivity index (χ4v) is 2.25. The van der Waals surface area contributed by atoms with Crippen molar-refractivity contribution in [1.82, 2.24) is 5.32 Å². The molecule has 0 saturated carbocycles. The number of carbonyl (C=O) groups is 1. The number of hydrogen-bond donors (Lipinski definition) is 2. The van der Waals surface area contributed by atoms with Crippen LogP contribution in [0.25, 0.3) is 10.8 Å². The van der Waals surface area contributed by atoms with Gasteiger partial charge in [0.25, 0.3) is 5.91 Å². The Balaban J connectivity index is 1.50. The zero-order valence-electron chi connectivity index (χ0n) is 12.4. The highest BCUT2D eigenvalue weighted by Gasteiger charge is 2.11. The monoisotopic (exact) mass is 311 g/mol. The van der Waals surface area contributed by atoms with Gasteiger partial charge in [-0.3, -0.25) is 4.79 Å². The SMILES string of the molecule is O=C(COc1ccc2ccccc2c1)NC[C@@H](O)c1ccoc1. The lowest BCUT2D eigenvalue weighted by atomic mass is 10.1. The van der Waals surface area contributed by atoms with E-state index in [1.807, 2.05) is 42.5 Å². The average molecular weight is 311 g/mol. The maximum absolute atomic E-state index is 11.8. The number of hydrogen-bond acceptors (Lipinski definition) is 4. The van der Waals surface area contributed by atoms with Crippen LogP contribution < -0.4 is 10.1 Å². The van der Waals surface area contributed by atoms with E-state index in [-0.39, 0.29) is 19.1 Å². The van der Waals surface area contributed by atoms with Crippen LogP contribution in [-0.4, -0.2) is 24.2 Å². The molecule has 3 rings (SSSR count). The second kappa shape index (κ2) is 6.98. The van der Waals surface area contributed by atoms with E-state index >= 15 is 0 Å². The summed E-state index contributed by atoms with van der Waals surface area (Å²) in [4.78, 5) is 11.8. The number of furan rings is 1. The van der Waals surface area contributed by atoms with Crippen molar-refractivity contribution in [2.45, 2.75) is 6.10 Å². The highest BCUT2D eigenvalue weighted by atomic mass is 16.5. The smallest absolute Gasteiger partial charge is 0.258 e. The summed E-state index contributed by atoms with van der Waals surface area (Å²) in [6.07, 6.45) is 2.13. The molecule has 1 aromatic heterocycles. The van der Waals surface area contributed by atoms with E-state index in [2.05, 4.69) is 5.32 Å². The molecule has 0 fully saturated rings. The predicted octanol–water partition coefficient (Wildman–Crippen LogP) is 2.66. The zero-order valence-corrected chi connectivity index (χ0v) is 12.4. The van der Waals surface area contributed by atoms with Crippen LogP contribution in [0.1, 0.15) is 11.7 Å². The fourth-order valence-electron chi connectivity index (χ4n) is 2.25. The third-order valence-corrected chi connectivity index (χ3v) is 3.51. The van der Waals surface area contributed by atoms with Gasteiger partial charge >= 0.3 is 0 Å². The minimum Gasteiger partial charge on any atom is -0.484 e. The van der Waals surface area contributed by atoms with Gasteiger partial charge in [-0.2, -0.15) is 0 Å². The summed E-state index contributed by atoms with van der Waals surface area (Å²) in [5, 5.41) is 14.6. The molecule has 0 aliphatic rings. The third-order valence-electron chi connectivity index (χ3n) is 3.51. The number of amides is 1. The van der Waals surface area contributed by atoms with Gasteiger partial charge in [-0.15, -0.1) is 0 Å². The van der Waals surface area contributed by atoms with Crippen molar-refractivity contribution in [3.8, 4) is 5.75 Å². The van der Waals surface area contributed by atoms with Crippen molar-refractivity contribution < 1.29 is 19.1 Å². The molecule has 0 radical (unpaired) electrons. The normalized spacial score (nSPS) is 12.0. The highest BCUT2D eigenvalue weighted by Crippen LogP contribution is 2.20. The van der Waals surface area contributed by atoms with E-state index in [9.17, 15) is 9.90 Å². The van der Waals surface area contributed by atoms with Crippen molar-refractivity contribution in [3.05, 3.63) is 66.6 Å². The highest BCUT2D eigenvalue weighted by molar-refractivity contribution is 5.84. The Morgan fingerprint density at radius 3 is 2.78 bits per heavy atom. The Bertz CT molecular complexity index is 783. The lowest BCUT2D eigenvalue weighted by molar-refractivity contribution is -0.123. The van der Waals surface area contributed by atoms with E-state index < -0.39 is 6.10 Å². The molecule has 0 aliphatic carbocycles. The molecule has 1 heterocycles. The van der Waals surface area contributed by atoms with E-state index in [1.165, 1.54) is 12.5 Å². The Kier molecular flexibility index (Phi) is 4.59. The molecule has 5 nitrogen and oxygen atoms in total. The molecule has 0 spiro atoms. The van der Waals surface area contributed by atoms with Crippen molar-refractivity contribution in [1.29, 1.82) is 0 Å². The Morgan fingerprint density at radius 1 is 1.17 bits per heavy atom. The van der Waals surface area contributed by atoms with E-state index in [4.69, 9.17) is 9.15 Å². The topological polar surface area (TPSA) is 71.7 Å². The largest absolute Gasteiger partial charge is 0.484 e. The van der Waals surface area contributed by atoms with Gasteiger partial charge in [0.15, 0.2) is 6.61 Å². The number of aliphatic hydroxyl groups excluding tert-OH is 1. The molecule has 0 saturated heterocycles. The molecule has 2 N–H and O–H groups in total. The van der Waals surface area contributed by atoms with Crippen LogP contribution in [0.2, 0.25) is 0 Å². The van der Waals surface area contributed by atoms with Crippen LogP contribution in [0.5, 0.6) is 5.75 Å². The summed E-state index contributed by atoms with van der Waals surface area (Å²) in [5.41, 5.74) is 0.626. The molecule has 0 unspecified atom stereocenters. The standard InChI is InChI=1S/C18H17NO4/c20-17(15-7-8-22-11-15)10-19-18(21)12-23-16-6-5-13-3-1-2-4-14(13)9-16/h1-9,11,17,20H,10,12H2,(H,19,21)/t17-/m1/s1. The van der Waals surface area contributed by atoms with Gasteiger partial charge in [-0.05, 0) is 29.0 Å². The molecule has 23 heavy (non-hydrogen) atoms. The molecule has 2 aromatic carbocycles. The van der Waals surface area contributed by atoms with Crippen LogP contribution in [0.15, 0.2) is 65.5 Å². The molecule has 1 amide bonds. The Hall–Kier alpha value is -2.79. The third kappa shape index (κ3) is 3.90. The van der Waals surface area contributed by atoms with Crippen molar-refractivity contribution in [3.63, 3.8) is 0 Å². The second-order valence-corrected chi connectivity index (χ2v) is 5.17. The fraction of sp³-hybridized carbons (Fsp3) is 0.167. The van der Waals surface area contributed by atoms with Crippen LogP contribution in [0, 0.1) is 0 Å². The number of benzene rings is 2. The van der Waals surface area contributed by atoms with Gasteiger partial charge in [-0.25, -0.2) is 0 Å². The van der Waals surface area contributed by atoms with Crippen LogP contribution in [0.3, 0.4) is 0 Å². The summed E-state index contributed by atoms with van der Waals surface area (Å²) in [5.74, 6) is 0.343. The summed E-state index contributed by atoms with van der Waals surface area (Å²) < 4.78 is 10.4. The zero-order chi connectivity index (χ0) is 16.1. The number of fused-ring (bicyclic) bond motifs is 1. The minimum absolute atomic E-state index is 0.101. The summed E-state index contributed by atoms with van der Waals surface area (Å²) in [6, 6.07) is 15.3. The molecule has 3 aromatic rings. The lowest BCUT2D eigenvalue weighted by Crippen LogP contribution is -2.32. The van der Waals surface area contributed by atoms with Crippen LogP contribution in [-0.2, 0) is 4.79 Å². The number of ether oxygens (including phenoxy) is 1. The van der Waals surface area contributed by atoms with E-state index in [0.29, 0.717) is 11.3 Å². The van der Waals surface area contributed by atoms with Gasteiger partial charge in [-0.1, -0.05) is 30.3 Å². The molecular weight excluding hydrogens is 294 g/mol. The van der Waals surface area contributed by atoms with Gasteiger partial charge in [0, 0.05) is 12.1 Å². The Morgan fingerprint density at radius 2 is 2.00 bits per heavy atom. The molecule has 0 aliphatic heterocycles. The van der Waals surface area contributed by atoms with Gasteiger partial charge in [0.05, 0.1) is 18.6 Å². The summed E-state index contributed by atoms with van der Waals surface area (Å²) in [7, 11) is 0. The van der Waals surface area contributed by atoms with Crippen LogP contribution in [0.4, 0.5) is 0 Å². The number of rotatable bonds is 6. The van der Waals surface area contributed by atoms with Crippen molar-refractivity contribution in [2.75, 3.05) is 13.2 Å². The maximum Gasteiger partial charge on any atom is 0.258 e. The Labute approximate surface area is 133 Å². The molecule has 0 bridgehead atoms. The first kappa shape index (κ1) is 15.1. The second-order valence-electron chi connectivity index (χ2n) is 5.17. The first-order valence-electron chi connectivity index (χ1n) is 7.31. The van der Waals surface area contributed by atoms with Gasteiger partial charge in [0.1, 0.15) is 5.75 Å². The van der Waals surface area contributed by atoms with Gasteiger partial charge in [0.2, 0.25) is 0 Å². The number of nitrogens with one attached hydrogen (secondary N) is 1. The van der Waals surface area contributed by atoms with Crippen molar-refractivity contribution in [2.24, 2.45) is 0 Å². The molecule has 118 valence electrons. The number of carbonyl (C=O) groups excluding carboxylic acids is 1. The number of aliphatic hydroxyl groups is 1. The molecular formula is C18H17NO4. The first-order valence-corrected chi connectivity index (χ1v) is 7.31. The van der Waals surface area contributed by atoms with E-state index in [0.717, 1.165) is 10.8 Å². The lowest BCUT2D eigenvalue weighted by Gasteiger charge is -2.11. The molecule has 5 heteroatoms. The minimum atomic E-state index is -0.793.